The van der Waals surface area contributed by atoms with E-state index in [0.717, 1.165) is 11.1 Å². The second-order valence-electron chi connectivity index (χ2n) is 8.44. The average Bonchev–Trinajstić information content (AvgIpc) is 3.35. The predicted molar refractivity (Wildman–Crippen MR) is 138 cm³/mol. The lowest BCUT2D eigenvalue weighted by atomic mass is 10.2. The number of nitrogens with zero attached hydrogens (tertiary/aromatic N) is 4. The van der Waals surface area contributed by atoms with Gasteiger partial charge < -0.3 is 13.9 Å². The van der Waals surface area contributed by atoms with Gasteiger partial charge >= 0.3 is 0 Å². The Morgan fingerprint density at radius 3 is 2.39 bits per heavy atom. The standard InChI is InChI=1S/C27H24N4O6S/c1-18-3-7-23(8-4-18)38(32,33)36-12-11-34-21-6-5-20(29-15-21)17-35-22-14-25-26(30-16-22)37-27(31-25)24-13-19(2)9-10-28-24/h3-10,13-16H,11-12,17H2,1-2H3. The fourth-order valence-electron chi connectivity index (χ4n) is 3.46. The van der Waals surface area contributed by atoms with Crippen LogP contribution in [-0.4, -0.2) is 41.6 Å². The second-order valence-corrected chi connectivity index (χ2v) is 10.1. The molecule has 4 heterocycles. The number of aromatic nitrogens is 4. The predicted octanol–water partition coefficient (Wildman–Crippen LogP) is 4.66. The van der Waals surface area contributed by atoms with Crippen molar-refractivity contribution in [2.75, 3.05) is 13.2 Å². The van der Waals surface area contributed by atoms with E-state index in [2.05, 4.69) is 19.9 Å². The summed E-state index contributed by atoms with van der Waals surface area (Å²) in [6, 6.07) is 15.5. The monoisotopic (exact) mass is 532 g/mol. The van der Waals surface area contributed by atoms with Crippen molar-refractivity contribution in [3.05, 3.63) is 90.0 Å². The third-order valence-corrected chi connectivity index (χ3v) is 6.77. The first-order valence-electron chi connectivity index (χ1n) is 11.7. The second kappa shape index (κ2) is 11.0. The van der Waals surface area contributed by atoms with Gasteiger partial charge in [-0.1, -0.05) is 17.7 Å². The summed E-state index contributed by atoms with van der Waals surface area (Å²) in [7, 11) is -3.83. The Kier molecular flexibility index (Phi) is 7.29. The van der Waals surface area contributed by atoms with Crippen LogP contribution in [0.15, 0.2) is 82.5 Å². The van der Waals surface area contributed by atoms with Gasteiger partial charge in [-0.2, -0.15) is 8.42 Å². The van der Waals surface area contributed by atoms with Gasteiger partial charge in [-0.05, 0) is 55.8 Å². The first kappa shape index (κ1) is 25.3. The Morgan fingerprint density at radius 1 is 0.816 bits per heavy atom. The summed E-state index contributed by atoms with van der Waals surface area (Å²) in [6.07, 6.45) is 4.80. The maximum absolute atomic E-state index is 12.2. The number of pyridine rings is 3. The first-order valence-corrected chi connectivity index (χ1v) is 13.1. The molecule has 0 atom stereocenters. The highest BCUT2D eigenvalue weighted by Gasteiger charge is 2.15. The third-order valence-electron chi connectivity index (χ3n) is 5.44. The van der Waals surface area contributed by atoms with Crippen molar-refractivity contribution in [1.29, 1.82) is 0 Å². The van der Waals surface area contributed by atoms with Crippen molar-refractivity contribution in [2.24, 2.45) is 0 Å². The number of rotatable bonds is 10. The van der Waals surface area contributed by atoms with E-state index < -0.39 is 10.1 Å². The van der Waals surface area contributed by atoms with E-state index in [1.165, 1.54) is 18.3 Å². The molecular weight excluding hydrogens is 508 g/mol. The van der Waals surface area contributed by atoms with Crippen LogP contribution in [0.3, 0.4) is 0 Å². The minimum atomic E-state index is -3.83. The van der Waals surface area contributed by atoms with Crippen molar-refractivity contribution in [2.45, 2.75) is 25.3 Å². The number of hydrogen-bond donors (Lipinski definition) is 0. The molecule has 0 unspecified atom stereocenters. The normalized spacial score (nSPS) is 11.5. The van der Waals surface area contributed by atoms with Crippen molar-refractivity contribution in [3.63, 3.8) is 0 Å². The highest BCUT2D eigenvalue weighted by atomic mass is 32.2. The summed E-state index contributed by atoms with van der Waals surface area (Å²) in [6.45, 7) is 3.98. The summed E-state index contributed by atoms with van der Waals surface area (Å²) in [5.74, 6) is 1.39. The number of fused-ring (bicyclic) bond motifs is 1. The smallest absolute Gasteiger partial charge is 0.297 e. The van der Waals surface area contributed by atoms with Crippen molar-refractivity contribution in [1.82, 2.24) is 19.9 Å². The Morgan fingerprint density at radius 2 is 1.63 bits per heavy atom. The van der Waals surface area contributed by atoms with E-state index in [0.29, 0.717) is 40.0 Å². The van der Waals surface area contributed by atoms with E-state index in [1.807, 2.05) is 26.0 Å². The molecule has 0 aliphatic rings. The number of oxazole rings is 1. The Hall–Kier alpha value is -4.35. The zero-order valence-electron chi connectivity index (χ0n) is 20.7. The molecule has 0 radical (unpaired) electrons. The van der Waals surface area contributed by atoms with E-state index in [9.17, 15) is 8.42 Å². The Balaban J connectivity index is 1.12. The van der Waals surface area contributed by atoms with Crippen LogP contribution in [0.1, 0.15) is 16.8 Å². The highest BCUT2D eigenvalue weighted by Crippen LogP contribution is 2.25. The molecule has 10 nitrogen and oxygen atoms in total. The maximum Gasteiger partial charge on any atom is 0.297 e. The van der Waals surface area contributed by atoms with Gasteiger partial charge in [-0.25, -0.2) is 9.97 Å². The summed E-state index contributed by atoms with van der Waals surface area (Å²) >= 11 is 0. The van der Waals surface area contributed by atoms with Crippen LogP contribution in [0.4, 0.5) is 0 Å². The molecule has 4 aromatic heterocycles. The lowest BCUT2D eigenvalue weighted by molar-refractivity contribution is 0.220. The molecule has 5 rings (SSSR count). The first-order chi connectivity index (χ1) is 18.4. The van der Waals surface area contributed by atoms with Gasteiger partial charge in [0.25, 0.3) is 10.1 Å². The molecule has 0 aliphatic heterocycles. The third kappa shape index (κ3) is 6.13. The number of ether oxygens (including phenoxy) is 2. The van der Waals surface area contributed by atoms with Crippen molar-refractivity contribution in [3.8, 4) is 23.1 Å². The van der Waals surface area contributed by atoms with Gasteiger partial charge in [0, 0.05) is 12.3 Å². The fraction of sp³-hybridized carbons (Fsp3) is 0.185. The van der Waals surface area contributed by atoms with Crippen LogP contribution in [0.5, 0.6) is 11.5 Å². The lowest BCUT2D eigenvalue weighted by Crippen LogP contribution is -2.13. The molecular formula is C27H24N4O6S. The lowest BCUT2D eigenvalue weighted by Gasteiger charge is -2.09. The summed E-state index contributed by atoms with van der Waals surface area (Å²) < 4.78 is 46.5. The molecule has 0 N–H and O–H groups in total. The molecule has 1 aromatic carbocycles. The largest absolute Gasteiger partial charge is 0.490 e. The summed E-state index contributed by atoms with van der Waals surface area (Å²) in [5.41, 5.74) is 4.27. The number of benzene rings is 1. The molecule has 0 aliphatic carbocycles. The minimum Gasteiger partial charge on any atom is -0.490 e. The van der Waals surface area contributed by atoms with Crippen LogP contribution in [0.2, 0.25) is 0 Å². The molecule has 0 saturated heterocycles. The van der Waals surface area contributed by atoms with Crippen LogP contribution < -0.4 is 9.47 Å². The van der Waals surface area contributed by atoms with E-state index >= 15 is 0 Å². The maximum atomic E-state index is 12.2. The molecule has 38 heavy (non-hydrogen) atoms. The van der Waals surface area contributed by atoms with Gasteiger partial charge in [0.15, 0.2) is 0 Å². The number of aryl methyl sites for hydroxylation is 2. The van der Waals surface area contributed by atoms with E-state index in [1.54, 1.807) is 42.7 Å². The van der Waals surface area contributed by atoms with E-state index in [-0.39, 0.29) is 24.7 Å². The molecule has 11 heteroatoms. The van der Waals surface area contributed by atoms with Crippen molar-refractivity contribution >= 4 is 21.3 Å². The Labute approximate surface area is 219 Å². The molecule has 5 aromatic rings. The van der Waals surface area contributed by atoms with Crippen LogP contribution in [-0.2, 0) is 20.9 Å². The molecule has 0 saturated carbocycles. The molecule has 194 valence electrons. The number of hydrogen-bond acceptors (Lipinski definition) is 10. The van der Waals surface area contributed by atoms with Crippen LogP contribution in [0, 0.1) is 13.8 Å². The van der Waals surface area contributed by atoms with Gasteiger partial charge in [0.2, 0.25) is 11.6 Å². The van der Waals surface area contributed by atoms with Gasteiger partial charge in [0.05, 0.1) is 23.0 Å². The highest BCUT2D eigenvalue weighted by molar-refractivity contribution is 7.86. The van der Waals surface area contributed by atoms with Crippen molar-refractivity contribution < 1.29 is 26.5 Å². The molecule has 0 amide bonds. The minimum absolute atomic E-state index is 0.0477. The average molecular weight is 533 g/mol. The zero-order chi connectivity index (χ0) is 26.5. The van der Waals surface area contributed by atoms with Gasteiger partial charge in [-0.3, -0.25) is 14.2 Å². The topological polar surface area (TPSA) is 127 Å². The summed E-state index contributed by atoms with van der Waals surface area (Å²) in [5, 5.41) is 0. The SMILES string of the molecule is Cc1ccc(S(=O)(=O)OCCOc2ccc(COc3cnc4oc(-c5cc(C)ccn5)nc4c3)nc2)cc1. The quantitative estimate of drug-likeness (QED) is 0.185. The zero-order valence-corrected chi connectivity index (χ0v) is 21.5. The molecule has 0 fully saturated rings. The Bertz CT molecular complexity index is 1650. The van der Waals surface area contributed by atoms with E-state index in [4.69, 9.17) is 18.1 Å². The van der Waals surface area contributed by atoms with Crippen LogP contribution >= 0.6 is 0 Å². The van der Waals surface area contributed by atoms with Crippen LogP contribution in [0.25, 0.3) is 22.8 Å². The van der Waals surface area contributed by atoms with Gasteiger partial charge in [-0.15, -0.1) is 0 Å². The fourth-order valence-corrected chi connectivity index (χ4v) is 4.35. The molecule has 0 spiro atoms. The molecule has 0 bridgehead atoms. The summed E-state index contributed by atoms with van der Waals surface area (Å²) in [4.78, 5) is 17.5. The van der Waals surface area contributed by atoms with Gasteiger partial charge in [0.1, 0.15) is 42.5 Å².